The summed E-state index contributed by atoms with van der Waals surface area (Å²) in [5.74, 6) is -3.89. The van der Waals surface area contributed by atoms with Gasteiger partial charge in [-0.3, -0.25) is 4.79 Å². The highest BCUT2D eigenvalue weighted by Gasteiger charge is 2.64. The topological polar surface area (TPSA) is 53.4 Å². The Labute approximate surface area is 125 Å². The van der Waals surface area contributed by atoms with Crippen molar-refractivity contribution in [3.63, 3.8) is 0 Å². The van der Waals surface area contributed by atoms with Crippen molar-refractivity contribution < 1.29 is 18.7 Å². The summed E-state index contributed by atoms with van der Waals surface area (Å²) in [6, 6.07) is 4.51. The molecule has 0 bridgehead atoms. The van der Waals surface area contributed by atoms with Crippen LogP contribution in [0.25, 0.3) is 0 Å². The second kappa shape index (κ2) is 4.88. The van der Waals surface area contributed by atoms with Gasteiger partial charge >= 0.3 is 0 Å². The van der Waals surface area contributed by atoms with Crippen LogP contribution in [0.15, 0.2) is 18.2 Å². The summed E-state index contributed by atoms with van der Waals surface area (Å²) in [5.41, 5.74) is -1.15. The number of carbonyl (C=O) groups is 1. The van der Waals surface area contributed by atoms with Crippen molar-refractivity contribution >= 4 is 17.5 Å². The van der Waals surface area contributed by atoms with E-state index in [9.17, 15) is 18.7 Å². The summed E-state index contributed by atoms with van der Waals surface area (Å²) in [5, 5.41) is 10.2. The van der Waals surface area contributed by atoms with Crippen LogP contribution in [0.3, 0.4) is 0 Å². The van der Waals surface area contributed by atoms with Crippen molar-refractivity contribution in [2.75, 3.05) is 6.54 Å². The van der Waals surface area contributed by atoms with E-state index in [2.05, 4.69) is 4.98 Å². The monoisotopic (exact) mass is 316 g/mol. The third kappa shape index (κ3) is 2.21. The van der Waals surface area contributed by atoms with E-state index in [4.69, 9.17) is 11.6 Å². The Morgan fingerprint density at radius 3 is 2.67 bits per heavy atom. The van der Waals surface area contributed by atoms with Crippen molar-refractivity contribution in [2.45, 2.75) is 43.2 Å². The first-order valence-corrected chi connectivity index (χ1v) is 7.25. The van der Waals surface area contributed by atoms with Gasteiger partial charge in [-0.25, -0.2) is 13.8 Å². The normalized spacial score (nSPS) is 26.5. The second-order valence-corrected chi connectivity index (χ2v) is 6.10. The first kappa shape index (κ1) is 14.7. The highest BCUT2D eigenvalue weighted by atomic mass is 35.5. The molecule has 1 amide bonds. The molecule has 1 aromatic heterocycles. The van der Waals surface area contributed by atoms with Crippen LogP contribution >= 0.6 is 11.6 Å². The van der Waals surface area contributed by atoms with E-state index in [0.717, 1.165) is 17.7 Å². The average molecular weight is 317 g/mol. The number of likely N-dealkylation sites (tertiary alicyclic amines) is 1. The lowest BCUT2D eigenvalue weighted by Gasteiger charge is -2.36. The van der Waals surface area contributed by atoms with Gasteiger partial charge in [-0.05, 0) is 25.0 Å². The molecule has 0 radical (unpaired) electrons. The molecular formula is C14H15ClF2N2O2. The minimum absolute atomic E-state index is 0.0266. The summed E-state index contributed by atoms with van der Waals surface area (Å²) in [7, 11) is 0. The number of hydrogen-bond acceptors (Lipinski definition) is 3. The quantitative estimate of drug-likeness (QED) is 0.810. The van der Waals surface area contributed by atoms with Crippen LogP contribution in [-0.2, 0) is 0 Å². The molecule has 7 heteroatoms. The maximum Gasteiger partial charge on any atom is 0.292 e. The van der Waals surface area contributed by atoms with E-state index >= 15 is 0 Å². The fraction of sp³-hybridized carbons (Fsp3) is 0.571. The average Bonchev–Trinajstić information content (AvgIpc) is 2.99. The molecule has 1 N–H and O–H groups in total. The molecule has 1 spiro atoms. The first-order valence-electron chi connectivity index (χ1n) is 6.87. The maximum atomic E-state index is 13.9. The molecule has 1 unspecified atom stereocenters. The number of aromatic nitrogens is 1. The van der Waals surface area contributed by atoms with E-state index in [-0.39, 0.29) is 10.8 Å². The van der Waals surface area contributed by atoms with E-state index < -0.39 is 30.0 Å². The number of carbonyl (C=O) groups excluding carboxylic acids is 1. The number of pyridine rings is 1. The molecular weight excluding hydrogens is 302 g/mol. The molecule has 4 nitrogen and oxygen atoms in total. The number of amides is 1. The molecule has 1 aromatic rings. The van der Waals surface area contributed by atoms with Gasteiger partial charge < -0.3 is 10.0 Å². The molecule has 1 atom stereocenters. The molecule has 1 saturated heterocycles. The Hall–Kier alpha value is -1.27. The fourth-order valence-corrected chi connectivity index (χ4v) is 3.63. The highest BCUT2D eigenvalue weighted by molar-refractivity contribution is 6.29. The van der Waals surface area contributed by atoms with Crippen molar-refractivity contribution in [3.8, 4) is 0 Å². The third-order valence-corrected chi connectivity index (χ3v) is 4.67. The zero-order chi connectivity index (χ0) is 15.3. The van der Waals surface area contributed by atoms with Crippen molar-refractivity contribution in [3.05, 3.63) is 29.0 Å². The van der Waals surface area contributed by atoms with Gasteiger partial charge in [-0.15, -0.1) is 0 Å². The van der Waals surface area contributed by atoms with Crippen LogP contribution in [0.2, 0.25) is 5.15 Å². The number of rotatable bonds is 1. The summed E-state index contributed by atoms with van der Waals surface area (Å²) in [6.07, 6.45) is 0.391. The van der Waals surface area contributed by atoms with Gasteiger partial charge in [-0.1, -0.05) is 30.5 Å². The van der Waals surface area contributed by atoms with Crippen LogP contribution < -0.4 is 0 Å². The molecule has 2 aliphatic rings. The maximum absolute atomic E-state index is 13.9. The summed E-state index contributed by atoms with van der Waals surface area (Å²) in [4.78, 5) is 17.5. The minimum atomic E-state index is -3.29. The molecule has 1 aliphatic heterocycles. The molecule has 2 heterocycles. The Morgan fingerprint density at radius 1 is 1.38 bits per heavy atom. The van der Waals surface area contributed by atoms with Gasteiger partial charge in [0, 0.05) is 0 Å². The largest absolute Gasteiger partial charge is 0.384 e. The Kier molecular flexibility index (Phi) is 3.41. The SMILES string of the molecule is O=C(c1cccc(Cl)n1)N1CC(F)(F)C(O)C12CCCC2. The molecule has 3 rings (SSSR count). The zero-order valence-corrected chi connectivity index (χ0v) is 12.0. The van der Waals surface area contributed by atoms with Crippen LogP contribution in [0.1, 0.15) is 36.2 Å². The van der Waals surface area contributed by atoms with Gasteiger partial charge in [0.1, 0.15) is 17.0 Å². The summed E-state index contributed by atoms with van der Waals surface area (Å²) in [6.45, 7) is -0.777. The predicted molar refractivity (Wildman–Crippen MR) is 72.4 cm³/mol. The number of halogens is 3. The molecule has 1 aliphatic carbocycles. The standard InChI is InChI=1S/C14H15ClF2N2O2/c15-10-5-3-4-9(18-10)11(20)19-8-14(16,17)12(21)13(19)6-1-2-7-13/h3-5,12,21H,1-2,6-8H2. The number of hydrogen-bond donors (Lipinski definition) is 1. The molecule has 1 saturated carbocycles. The Bertz CT molecular complexity index is 576. The zero-order valence-electron chi connectivity index (χ0n) is 11.2. The number of alkyl halides is 2. The summed E-state index contributed by atoms with van der Waals surface area (Å²) < 4.78 is 27.9. The Morgan fingerprint density at radius 2 is 2.05 bits per heavy atom. The van der Waals surface area contributed by atoms with Crippen LogP contribution in [0, 0.1) is 0 Å². The van der Waals surface area contributed by atoms with Gasteiger partial charge in [0.25, 0.3) is 11.8 Å². The number of aliphatic hydroxyl groups is 1. The van der Waals surface area contributed by atoms with Crippen LogP contribution in [0.4, 0.5) is 8.78 Å². The smallest absolute Gasteiger partial charge is 0.292 e. The molecule has 21 heavy (non-hydrogen) atoms. The van der Waals surface area contributed by atoms with Gasteiger partial charge in [-0.2, -0.15) is 0 Å². The Balaban J connectivity index is 1.98. The fourth-order valence-electron chi connectivity index (χ4n) is 3.47. The van der Waals surface area contributed by atoms with Gasteiger partial charge in [0.15, 0.2) is 0 Å². The van der Waals surface area contributed by atoms with Crippen LogP contribution in [-0.4, -0.2) is 45.0 Å². The van der Waals surface area contributed by atoms with E-state index in [1.165, 1.54) is 12.1 Å². The third-order valence-electron chi connectivity index (χ3n) is 4.46. The van der Waals surface area contributed by atoms with Crippen molar-refractivity contribution in [2.24, 2.45) is 0 Å². The van der Waals surface area contributed by atoms with E-state index in [1.807, 2.05) is 0 Å². The van der Waals surface area contributed by atoms with Crippen molar-refractivity contribution in [1.29, 1.82) is 0 Å². The summed E-state index contributed by atoms with van der Waals surface area (Å²) >= 11 is 5.75. The predicted octanol–water partition coefficient (Wildman–Crippen LogP) is 2.50. The lowest BCUT2D eigenvalue weighted by atomic mass is 9.90. The van der Waals surface area contributed by atoms with Gasteiger partial charge in [0.05, 0.1) is 12.1 Å². The second-order valence-electron chi connectivity index (χ2n) is 5.71. The van der Waals surface area contributed by atoms with E-state index in [0.29, 0.717) is 12.8 Å². The van der Waals surface area contributed by atoms with Crippen molar-refractivity contribution in [1.82, 2.24) is 9.88 Å². The molecule has 2 fully saturated rings. The molecule has 114 valence electrons. The molecule has 0 aromatic carbocycles. The van der Waals surface area contributed by atoms with Crippen LogP contribution in [0.5, 0.6) is 0 Å². The first-order chi connectivity index (χ1) is 9.87. The minimum Gasteiger partial charge on any atom is -0.384 e. The lowest BCUT2D eigenvalue weighted by molar-refractivity contribution is -0.0959. The lowest BCUT2D eigenvalue weighted by Crippen LogP contribution is -2.52. The van der Waals surface area contributed by atoms with Gasteiger partial charge in [0.2, 0.25) is 0 Å². The van der Waals surface area contributed by atoms with E-state index in [1.54, 1.807) is 6.07 Å². The number of aliphatic hydroxyl groups excluding tert-OH is 1. The number of nitrogens with zero attached hydrogens (tertiary/aromatic N) is 2. The highest BCUT2D eigenvalue weighted by Crippen LogP contribution is 2.49.